The van der Waals surface area contributed by atoms with E-state index in [4.69, 9.17) is 20.1 Å². The van der Waals surface area contributed by atoms with Crippen LogP contribution in [0.5, 0.6) is 0 Å². The molecule has 60 valence electrons. The highest BCUT2D eigenvalue weighted by atomic mass is 127. The van der Waals surface area contributed by atoms with Crippen LogP contribution >= 0.6 is 22.6 Å². The summed E-state index contributed by atoms with van der Waals surface area (Å²) in [7, 11) is 0. The molecule has 0 bridgehead atoms. The van der Waals surface area contributed by atoms with Crippen LogP contribution in [0, 0.1) is 0 Å². The van der Waals surface area contributed by atoms with Crippen LogP contribution in [0.25, 0.3) is 0 Å². The third-order valence-corrected chi connectivity index (χ3v) is 2.36. The second-order valence-electron chi connectivity index (χ2n) is 2.20. The summed E-state index contributed by atoms with van der Waals surface area (Å²) in [6.07, 6.45) is -3.77. The fourth-order valence-electron chi connectivity index (χ4n) is 0.856. The lowest BCUT2D eigenvalue weighted by atomic mass is 10.2. The molecule has 0 saturated carbocycles. The maximum atomic E-state index is 9.09. The van der Waals surface area contributed by atoms with Crippen molar-refractivity contribution in [3.8, 4) is 0 Å². The number of ether oxygens (including phenoxy) is 1. The maximum Gasteiger partial charge on any atom is 0.183 e. The summed E-state index contributed by atoms with van der Waals surface area (Å²) in [4.78, 5) is 0. The van der Waals surface area contributed by atoms with Gasteiger partial charge in [0, 0.05) is 4.43 Å². The minimum Gasteiger partial charge on any atom is -0.387 e. The number of alkyl halides is 1. The fourth-order valence-corrected chi connectivity index (χ4v) is 1.58. The Morgan fingerprint density at radius 1 is 1.20 bits per heavy atom. The van der Waals surface area contributed by atoms with Gasteiger partial charge in [0.2, 0.25) is 0 Å². The molecule has 1 aliphatic heterocycles. The molecule has 1 aliphatic rings. The molecule has 1 rings (SSSR count). The van der Waals surface area contributed by atoms with Gasteiger partial charge < -0.3 is 20.1 Å². The smallest absolute Gasteiger partial charge is 0.183 e. The topological polar surface area (TPSA) is 69.9 Å². The quantitative estimate of drug-likeness (QED) is 0.412. The molecule has 4 nitrogen and oxygen atoms in total. The summed E-state index contributed by atoms with van der Waals surface area (Å²) in [5.41, 5.74) is 0. The first-order valence-corrected chi connectivity index (χ1v) is 4.45. The predicted octanol–water partition coefficient (Wildman–Crippen LogP) is -1.14. The number of rotatable bonds is 1. The van der Waals surface area contributed by atoms with E-state index in [-0.39, 0.29) is 0 Å². The minimum absolute atomic E-state index is 0.439. The van der Waals surface area contributed by atoms with Crippen molar-refractivity contribution in [3.05, 3.63) is 0 Å². The Morgan fingerprint density at radius 2 is 1.80 bits per heavy atom. The minimum atomic E-state index is -1.23. The van der Waals surface area contributed by atoms with Crippen LogP contribution in [0.4, 0.5) is 0 Å². The van der Waals surface area contributed by atoms with Gasteiger partial charge in [-0.25, -0.2) is 0 Å². The van der Waals surface area contributed by atoms with Crippen molar-refractivity contribution in [2.45, 2.75) is 24.6 Å². The van der Waals surface area contributed by atoms with Gasteiger partial charge in [0.1, 0.15) is 12.2 Å². The first kappa shape index (κ1) is 8.66. The van der Waals surface area contributed by atoms with Gasteiger partial charge in [-0.3, -0.25) is 0 Å². The second-order valence-corrected chi connectivity index (χ2v) is 3.08. The van der Waals surface area contributed by atoms with Crippen molar-refractivity contribution < 1.29 is 20.1 Å². The molecule has 4 atom stereocenters. The van der Waals surface area contributed by atoms with Gasteiger partial charge in [-0.2, -0.15) is 0 Å². The molecule has 0 radical (unpaired) electrons. The third-order valence-electron chi connectivity index (χ3n) is 1.49. The van der Waals surface area contributed by atoms with Crippen molar-refractivity contribution in [1.82, 2.24) is 0 Å². The summed E-state index contributed by atoms with van der Waals surface area (Å²) in [6, 6.07) is 0. The maximum absolute atomic E-state index is 9.09. The first-order chi connectivity index (χ1) is 4.66. The lowest BCUT2D eigenvalue weighted by Gasteiger charge is -2.09. The SMILES string of the molecule is OC1OC(CI)C(O)C1O. The number of aliphatic hydroxyl groups excluding tert-OH is 3. The Balaban J connectivity index is 2.53. The van der Waals surface area contributed by atoms with Crippen molar-refractivity contribution >= 4 is 22.6 Å². The highest BCUT2D eigenvalue weighted by Crippen LogP contribution is 2.20. The van der Waals surface area contributed by atoms with E-state index in [0.29, 0.717) is 4.43 Å². The molecule has 0 aromatic rings. The van der Waals surface area contributed by atoms with Crippen molar-refractivity contribution in [2.24, 2.45) is 0 Å². The molecule has 0 aromatic heterocycles. The van der Waals surface area contributed by atoms with Crippen LogP contribution in [-0.4, -0.2) is 44.3 Å². The Labute approximate surface area is 72.0 Å². The first-order valence-electron chi connectivity index (χ1n) is 2.92. The van der Waals surface area contributed by atoms with Gasteiger partial charge in [-0.1, -0.05) is 22.6 Å². The fraction of sp³-hybridized carbons (Fsp3) is 1.00. The van der Waals surface area contributed by atoms with E-state index in [1.165, 1.54) is 0 Å². The number of aliphatic hydroxyl groups is 3. The average Bonchev–Trinajstić information content (AvgIpc) is 2.17. The zero-order valence-corrected chi connectivity index (χ0v) is 7.30. The Morgan fingerprint density at radius 3 is 2.00 bits per heavy atom. The van der Waals surface area contributed by atoms with Gasteiger partial charge in [0.25, 0.3) is 0 Å². The summed E-state index contributed by atoms with van der Waals surface area (Å²) >= 11 is 2.02. The molecule has 10 heavy (non-hydrogen) atoms. The van der Waals surface area contributed by atoms with Crippen molar-refractivity contribution in [2.75, 3.05) is 4.43 Å². The molecule has 4 unspecified atom stereocenters. The van der Waals surface area contributed by atoms with Crippen molar-refractivity contribution in [3.63, 3.8) is 0 Å². The van der Waals surface area contributed by atoms with Crippen LogP contribution in [0.2, 0.25) is 0 Å². The molecule has 0 aromatic carbocycles. The summed E-state index contributed by atoms with van der Waals surface area (Å²) in [5, 5.41) is 26.9. The predicted molar refractivity (Wildman–Crippen MR) is 41.8 cm³/mol. The number of halogens is 1. The van der Waals surface area contributed by atoms with Gasteiger partial charge in [-0.05, 0) is 0 Å². The van der Waals surface area contributed by atoms with Crippen LogP contribution in [0.3, 0.4) is 0 Å². The van der Waals surface area contributed by atoms with E-state index >= 15 is 0 Å². The van der Waals surface area contributed by atoms with Crippen LogP contribution in [0.15, 0.2) is 0 Å². The van der Waals surface area contributed by atoms with E-state index in [2.05, 4.69) is 0 Å². The third kappa shape index (κ3) is 1.42. The molecule has 1 saturated heterocycles. The van der Waals surface area contributed by atoms with E-state index in [1.54, 1.807) is 0 Å². The second kappa shape index (κ2) is 3.31. The Kier molecular flexibility index (Phi) is 2.87. The lowest BCUT2D eigenvalue weighted by Crippen LogP contribution is -2.32. The summed E-state index contributed by atoms with van der Waals surface area (Å²) in [6.45, 7) is 0. The summed E-state index contributed by atoms with van der Waals surface area (Å²) < 4.78 is 5.35. The van der Waals surface area contributed by atoms with E-state index in [9.17, 15) is 0 Å². The Bertz CT molecular complexity index is 120. The zero-order valence-electron chi connectivity index (χ0n) is 5.14. The molecule has 0 aliphatic carbocycles. The van der Waals surface area contributed by atoms with Crippen LogP contribution < -0.4 is 0 Å². The molecule has 0 amide bonds. The molecular formula is C5H9IO4. The summed E-state index contributed by atoms with van der Waals surface area (Å²) in [5.74, 6) is 0. The number of hydrogen-bond donors (Lipinski definition) is 3. The van der Waals surface area contributed by atoms with Crippen molar-refractivity contribution in [1.29, 1.82) is 0 Å². The Hall–Kier alpha value is 0.570. The normalized spacial score (nSPS) is 48.0. The number of hydrogen-bond acceptors (Lipinski definition) is 4. The largest absolute Gasteiger partial charge is 0.387 e. The van der Waals surface area contributed by atoms with E-state index < -0.39 is 24.6 Å². The zero-order chi connectivity index (χ0) is 7.72. The lowest BCUT2D eigenvalue weighted by molar-refractivity contribution is -0.123. The standard InChI is InChI=1S/C5H9IO4/c6-1-2-3(7)4(8)5(9)10-2/h2-5,7-9H,1H2. The van der Waals surface area contributed by atoms with Gasteiger partial charge in [0.15, 0.2) is 6.29 Å². The highest BCUT2D eigenvalue weighted by molar-refractivity contribution is 14.1. The molecule has 0 spiro atoms. The van der Waals surface area contributed by atoms with E-state index in [0.717, 1.165) is 0 Å². The molecule has 3 N–H and O–H groups in total. The van der Waals surface area contributed by atoms with Gasteiger partial charge >= 0.3 is 0 Å². The monoisotopic (exact) mass is 260 g/mol. The van der Waals surface area contributed by atoms with Crippen LogP contribution in [0.1, 0.15) is 0 Å². The highest BCUT2D eigenvalue weighted by Gasteiger charge is 2.40. The molecule has 5 heteroatoms. The molecule has 1 fully saturated rings. The average molecular weight is 260 g/mol. The van der Waals surface area contributed by atoms with Gasteiger partial charge in [-0.15, -0.1) is 0 Å². The van der Waals surface area contributed by atoms with Crippen LogP contribution in [-0.2, 0) is 4.74 Å². The van der Waals surface area contributed by atoms with E-state index in [1.807, 2.05) is 22.6 Å². The van der Waals surface area contributed by atoms with Gasteiger partial charge in [0.05, 0.1) is 6.10 Å². The molecule has 1 heterocycles. The molecular weight excluding hydrogens is 251 g/mol.